The van der Waals surface area contributed by atoms with E-state index in [1.807, 2.05) is 6.07 Å². The van der Waals surface area contributed by atoms with Crippen LogP contribution in [-0.4, -0.2) is 14.3 Å². The van der Waals surface area contributed by atoms with E-state index in [1.165, 1.54) is 19.3 Å². The maximum absolute atomic E-state index is 10.4. The normalized spacial score (nSPS) is 12.1. The zero-order valence-electron chi connectivity index (χ0n) is 12.7. The van der Waals surface area contributed by atoms with E-state index >= 15 is 0 Å². The Morgan fingerprint density at radius 3 is 1.57 bits per heavy atom. The predicted octanol–water partition coefficient (Wildman–Crippen LogP) is 1.11. The first-order valence-electron chi connectivity index (χ1n) is 6.99. The third-order valence-corrected chi connectivity index (χ3v) is 3.07. The summed E-state index contributed by atoms with van der Waals surface area (Å²) in [7, 11) is -3.67. The van der Waals surface area contributed by atoms with Crippen LogP contribution < -0.4 is 16.0 Å². The molecule has 0 atom stereocenters. The molecule has 0 saturated heterocycles. The molecule has 2 aromatic rings. The Balaban J connectivity index is 0.000000182. The topological polar surface area (TPSA) is 129 Å². The number of hydrogen-bond donors (Lipinski definition) is 3. The van der Waals surface area contributed by atoms with Crippen molar-refractivity contribution in [3.05, 3.63) is 71.3 Å². The third-order valence-electron chi connectivity index (χ3n) is 3.07. The second-order valence-electron chi connectivity index (χ2n) is 4.94. The van der Waals surface area contributed by atoms with Gasteiger partial charge in [-0.3, -0.25) is 4.79 Å². The highest BCUT2D eigenvalue weighted by atomic mass is 32.2. The molecule has 1 amide bonds. The highest BCUT2D eigenvalue weighted by Gasteiger charge is 2.07. The van der Waals surface area contributed by atoms with E-state index in [-0.39, 0.29) is 5.91 Å². The number of hydrogen-bond acceptors (Lipinski definition) is 3. The molecule has 0 fully saturated rings. The summed E-state index contributed by atoms with van der Waals surface area (Å²) in [5.74, 6) is -0.379. The van der Waals surface area contributed by atoms with Crippen LogP contribution in [0.1, 0.15) is 27.9 Å². The van der Waals surface area contributed by atoms with E-state index in [1.54, 1.807) is 35.4 Å². The van der Waals surface area contributed by atoms with Gasteiger partial charge in [-0.05, 0) is 42.5 Å². The number of fused-ring (bicyclic) bond motifs is 1. The number of rotatable bonds is 1. The summed E-state index contributed by atoms with van der Waals surface area (Å²) in [6, 6.07) is 17.5. The summed E-state index contributed by atoms with van der Waals surface area (Å²) in [5, 5.41) is 8.21. The number of primary amides is 1. The molecule has 0 saturated carbocycles. The molecule has 0 heterocycles. The van der Waals surface area contributed by atoms with Gasteiger partial charge in [0.05, 0.1) is 0 Å². The number of carbonyl (C=O) groups excluding carboxylic acids is 1. The molecule has 3 rings (SSSR count). The summed E-state index contributed by atoms with van der Waals surface area (Å²) < 4.78 is 18.4. The molecule has 124 valence electrons. The van der Waals surface area contributed by atoms with Crippen LogP contribution in [0, 0.1) is 0 Å². The maximum Gasteiger partial charge on any atom is 0.271 e. The summed E-state index contributed by atoms with van der Waals surface area (Å²) in [4.78, 5) is 10.4. The van der Waals surface area contributed by atoms with Crippen molar-refractivity contribution < 1.29 is 13.2 Å². The van der Waals surface area contributed by atoms with E-state index in [0.29, 0.717) is 5.56 Å². The van der Waals surface area contributed by atoms with E-state index < -0.39 is 10.2 Å². The van der Waals surface area contributed by atoms with Crippen molar-refractivity contribution in [3.8, 4) is 0 Å². The van der Waals surface area contributed by atoms with Crippen LogP contribution in [0.25, 0.3) is 0 Å². The summed E-state index contributed by atoms with van der Waals surface area (Å²) >= 11 is 0. The van der Waals surface area contributed by atoms with Crippen molar-refractivity contribution in [3.63, 3.8) is 0 Å². The Hall–Kier alpha value is -2.22. The first-order chi connectivity index (χ1) is 10.8. The molecule has 2 aromatic carbocycles. The maximum atomic E-state index is 10.4. The predicted molar refractivity (Wildman–Crippen MR) is 90.7 cm³/mol. The van der Waals surface area contributed by atoms with Gasteiger partial charge in [-0.2, -0.15) is 8.42 Å². The SMILES string of the molecule is NC(=O)c1ccccc1.NS(N)(=O)=O.c1ccc2c(c1)CCC2. The van der Waals surface area contributed by atoms with Gasteiger partial charge in [0.2, 0.25) is 5.91 Å². The van der Waals surface area contributed by atoms with Crippen molar-refractivity contribution in [2.45, 2.75) is 19.3 Å². The van der Waals surface area contributed by atoms with Gasteiger partial charge in [-0.25, -0.2) is 10.3 Å². The Morgan fingerprint density at radius 1 is 0.826 bits per heavy atom. The van der Waals surface area contributed by atoms with E-state index in [9.17, 15) is 13.2 Å². The third kappa shape index (κ3) is 8.72. The lowest BCUT2D eigenvalue weighted by Crippen LogP contribution is -2.21. The average molecular weight is 335 g/mol. The fourth-order valence-electron chi connectivity index (χ4n) is 2.12. The Morgan fingerprint density at radius 2 is 1.22 bits per heavy atom. The fourth-order valence-corrected chi connectivity index (χ4v) is 2.12. The second-order valence-corrected chi connectivity index (χ2v) is 6.12. The lowest BCUT2D eigenvalue weighted by atomic mass is 10.1. The fraction of sp³-hybridized carbons (Fsp3) is 0.188. The highest BCUT2D eigenvalue weighted by Crippen LogP contribution is 2.20. The molecule has 0 bridgehead atoms. The zero-order valence-corrected chi connectivity index (χ0v) is 13.5. The second kappa shape index (κ2) is 9.04. The standard InChI is InChI=1S/C9H10.C7H7NO.H4N2O2S/c1-2-5-9-7-3-6-8(9)4-1;8-7(9)6-4-2-1-3-5-6;1-5(2,3)4/h1-2,4-5H,3,6-7H2;1-5H,(H2,8,9);(H4,1,2,3,4). The minimum Gasteiger partial charge on any atom is -0.366 e. The van der Waals surface area contributed by atoms with Crippen LogP contribution in [-0.2, 0) is 23.1 Å². The summed E-state index contributed by atoms with van der Waals surface area (Å²) in [6.07, 6.45) is 3.96. The molecule has 0 unspecified atom stereocenters. The van der Waals surface area contributed by atoms with E-state index in [4.69, 9.17) is 5.73 Å². The van der Waals surface area contributed by atoms with E-state index in [0.717, 1.165) is 0 Å². The summed E-state index contributed by atoms with van der Waals surface area (Å²) in [5.41, 5.74) is 8.66. The van der Waals surface area contributed by atoms with Gasteiger partial charge in [-0.15, -0.1) is 0 Å². The van der Waals surface area contributed by atoms with Crippen molar-refractivity contribution in [2.75, 3.05) is 0 Å². The smallest absolute Gasteiger partial charge is 0.271 e. The molecule has 6 N–H and O–H groups in total. The minimum atomic E-state index is -3.67. The van der Waals surface area contributed by atoms with Crippen molar-refractivity contribution in [1.29, 1.82) is 0 Å². The molecular formula is C16H21N3O3S. The van der Waals surface area contributed by atoms with Gasteiger partial charge < -0.3 is 5.73 Å². The number of amides is 1. The molecular weight excluding hydrogens is 314 g/mol. The first kappa shape index (κ1) is 18.8. The van der Waals surface area contributed by atoms with Gasteiger partial charge in [-0.1, -0.05) is 42.5 Å². The van der Waals surface area contributed by atoms with Crippen molar-refractivity contribution >= 4 is 16.1 Å². The van der Waals surface area contributed by atoms with Crippen LogP contribution in [0.15, 0.2) is 54.6 Å². The van der Waals surface area contributed by atoms with Crippen LogP contribution in [0.5, 0.6) is 0 Å². The Labute approximate surface area is 136 Å². The quantitative estimate of drug-likeness (QED) is 0.721. The monoisotopic (exact) mass is 335 g/mol. The molecule has 0 spiro atoms. The highest BCUT2D eigenvalue weighted by molar-refractivity contribution is 7.86. The summed E-state index contributed by atoms with van der Waals surface area (Å²) in [6.45, 7) is 0. The Bertz CT molecular complexity index is 700. The molecule has 0 radical (unpaired) electrons. The Kier molecular flexibility index (Phi) is 7.40. The van der Waals surface area contributed by atoms with Crippen molar-refractivity contribution in [1.82, 2.24) is 0 Å². The van der Waals surface area contributed by atoms with Gasteiger partial charge in [0.15, 0.2) is 0 Å². The number of nitrogens with two attached hydrogens (primary N) is 3. The largest absolute Gasteiger partial charge is 0.366 e. The van der Waals surface area contributed by atoms with Crippen molar-refractivity contribution in [2.24, 2.45) is 16.0 Å². The molecule has 6 nitrogen and oxygen atoms in total. The van der Waals surface area contributed by atoms with Gasteiger partial charge >= 0.3 is 0 Å². The lowest BCUT2D eigenvalue weighted by molar-refractivity contribution is 0.100. The number of carbonyl (C=O) groups is 1. The van der Waals surface area contributed by atoms with Gasteiger partial charge in [0.25, 0.3) is 10.2 Å². The zero-order chi connectivity index (χ0) is 17.3. The molecule has 1 aliphatic rings. The molecule has 23 heavy (non-hydrogen) atoms. The average Bonchev–Trinajstić information content (AvgIpc) is 2.95. The van der Waals surface area contributed by atoms with Crippen LogP contribution in [0.4, 0.5) is 0 Å². The minimum absolute atomic E-state index is 0.379. The molecule has 0 aliphatic heterocycles. The van der Waals surface area contributed by atoms with Crippen LogP contribution in [0.3, 0.4) is 0 Å². The molecule has 7 heteroatoms. The first-order valence-corrected chi connectivity index (χ1v) is 8.60. The van der Waals surface area contributed by atoms with E-state index in [2.05, 4.69) is 34.5 Å². The number of aryl methyl sites for hydroxylation is 2. The van der Waals surface area contributed by atoms with Crippen LogP contribution in [0.2, 0.25) is 0 Å². The molecule has 0 aromatic heterocycles. The lowest BCUT2D eigenvalue weighted by Gasteiger charge is -1.93. The molecule has 1 aliphatic carbocycles. The van der Waals surface area contributed by atoms with Gasteiger partial charge in [0.1, 0.15) is 0 Å². The van der Waals surface area contributed by atoms with Gasteiger partial charge in [0, 0.05) is 5.56 Å². The van der Waals surface area contributed by atoms with Crippen LogP contribution >= 0.6 is 0 Å². The number of benzene rings is 2.